The van der Waals surface area contributed by atoms with E-state index in [0.717, 1.165) is 34.7 Å². The number of rotatable bonds is 8. The topological polar surface area (TPSA) is 58.2 Å². The Kier molecular flexibility index (Phi) is 7.73. The number of thioether (sulfide) groups is 1. The zero-order valence-corrected chi connectivity index (χ0v) is 16.4. The Morgan fingerprint density at radius 3 is 2.38 bits per heavy atom. The molecule has 0 spiro atoms. The third-order valence-electron chi connectivity index (χ3n) is 3.98. The molecule has 0 aromatic heterocycles. The second-order valence-corrected chi connectivity index (χ2v) is 7.65. The molecule has 0 aliphatic carbocycles. The molecule has 1 atom stereocenters. The molecule has 138 valence electrons. The smallest absolute Gasteiger partial charge is 0.237 e. The average molecular weight is 371 g/mol. The van der Waals surface area contributed by atoms with Crippen LogP contribution in [-0.2, 0) is 9.59 Å². The number of unbranched alkanes of at least 4 members (excludes halogenated alkanes) is 1. The fourth-order valence-electron chi connectivity index (χ4n) is 2.38. The van der Waals surface area contributed by atoms with E-state index in [0.29, 0.717) is 6.42 Å². The molecule has 0 aliphatic rings. The number of benzene rings is 2. The standard InChI is InChI=1S/C21H26N2O2S/c1-4-5-10-20(24)22-17-11-13-18(14-12-17)26-16(3)21(25)23-19-9-7-6-8-15(19)2/h6-9,11-14,16H,4-5,10H2,1-3H3,(H,22,24)(H,23,25). The molecule has 0 saturated carbocycles. The van der Waals surface area contributed by atoms with Gasteiger partial charge in [-0.05, 0) is 56.2 Å². The summed E-state index contributed by atoms with van der Waals surface area (Å²) in [5, 5.41) is 5.64. The van der Waals surface area contributed by atoms with Gasteiger partial charge in [0.1, 0.15) is 0 Å². The first-order valence-corrected chi connectivity index (χ1v) is 9.80. The zero-order valence-electron chi connectivity index (χ0n) is 15.5. The number of hydrogen-bond donors (Lipinski definition) is 2. The Morgan fingerprint density at radius 2 is 1.73 bits per heavy atom. The molecule has 0 bridgehead atoms. The normalized spacial score (nSPS) is 11.7. The number of carbonyl (C=O) groups excluding carboxylic acids is 2. The summed E-state index contributed by atoms with van der Waals surface area (Å²) in [6.45, 7) is 5.93. The van der Waals surface area contributed by atoms with Crippen LogP contribution in [0.15, 0.2) is 53.4 Å². The lowest BCUT2D eigenvalue weighted by molar-refractivity contribution is -0.116. The van der Waals surface area contributed by atoms with Crippen molar-refractivity contribution < 1.29 is 9.59 Å². The van der Waals surface area contributed by atoms with Crippen molar-refractivity contribution in [3.8, 4) is 0 Å². The maximum Gasteiger partial charge on any atom is 0.237 e. The molecular formula is C21H26N2O2S. The molecule has 1 unspecified atom stereocenters. The average Bonchev–Trinajstić information content (AvgIpc) is 2.63. The summed E-state index contributed by atoms with van der Waals surface area (Å²) in [5.74, 6) is 0.0134. The van der Waals surface area contributed by atoms with Crippen LogP contribution in [-0.4, -0.2) is 17.1 Å². The molecule has 26 heavy (non-hydrogen) atoms. The van der Waals surface area contributed by atoms with Gasteiger partial charge in [-0.15, -0.1) is 11.8 Å². The number of amides is 2. The highest BCUT2D eigenvalue weighted by molar-refractivity contribution is 8.00. The van der Waals surface area contributed by atoms with Gasteiger partial charge in [-0.3, -0.25) is 9.59 Å². The highest BCUT2D eigenvalue weighted by Gasteiger charge is 2.15. The van der Waals surface area contributed by atoms with Crippen LogP contribution in [0.1, 0.15) is 38.7 Å². The molecule has 0 fully saturated rings. The van der Waals surface area contributed by atoms with Crippen molar-refractivity contribution in [3.05, 3.63) is 54.1 Å². The van der Waals surface area contributed by atoms with Gasteiger partial charge in [0.15, 0.2) is 0 Å². The second kappa shape index (κ2) is 10.0. The van der Waals surface area contributed by atoms with Gasteiger partial charge in [-0.1, -0.05) is 31.5 Å². The number of hydrogen-bond acceptors (Lipinski definition) is 3. The molecule has 0 saturated heterocycles. The molecule has 2 rings (SSSR count). The predicted octanol–water partition coefficient (Wildman–Crippen LogP) is 5.24. The first kappa shape index (κ1) is 20.0. The Bertz CT molecular complexity index is 744. The van der Waals surface area contributed by atoms with Crippen LogP contribution in [0.25, 0.3) is 0 Å². The summed E-state index contributed by atoms with van der Waals surface area (Å²) in [6.07, 6.45) is 2.45. The van der Waals surface area contributed by atoms with E-state index in [1.807, 2.05) is 62.4 Å². The molecule has 5 heteroatoms. The van der Waals surface area contributed by atoms with Crippen LogP contribution < -0.4 is 10.6 Å². The van der Waals surface area contributed by atoms with Crippen molar-refractivity contribution in [1.82, 2.24) is 0 Å². The van der Waals surface area contributed by atoms with Gasteiger partial charge in [0.25, 0.3) is 0 Å². The third-order valence-corrected chi connectivity index (χ3v) is 5.09. The molecule has 0 heterocycles. The fourth-order valence-corrected chi connectivity index (χ4v) is 3.25. The number of nitrogens with one attached hydrogen (secondary N) is 2. The van der Waals surface area contributed by atoms with E-state index in [1.165, 1.54) is 11.8 Å². The van der Waals surface area contributed by atoms with Crippen LogP contribution in [0, 0.1) is 6.92 Å². The molecule has 2 N–H and O–H groups in total. The molecular weight excluding hydrogens is 344 g/mol. The predicted molar refractivity (Wildman–Crippen MR) is 110 cm³/mol. The number of carbonyl (C=O) groups is 2. The van der Waals surface area contributed by atoms with Crippen molar-refractivity contribution in [2.45, 2.75) is 50.2 Å². The van der Waals surface area contributed by atoms with Gasteiger partial charge in [-0.2, -0.15) is 0 Å². The van der Waals surface area contributed by atoms with E-state index in [-0.39, 0.29) is 17.1 Å². The summed E-state index contributed by atoms with van der Waals surface area (Å²) in [4.78, 5) is 25.1. The summed E-state index contributed by atoms with van der Waals surface area (Å²) >= 11 is 1.49. The molecule has 2 aromatic carbocycles. The fraction of sp³-hybridized carbons (Fsp3) is 0.333. The maximum absolute atomic E-state index is 12.4. The first-order chi connectivity index (χ1) is 12.5. The van der Waals surface area contributed by atoms with Gasteiger partial charge < -0.3 is 10.6 Å². The minimum Gasteiger partial charge on any atom is -0.326 e. The Labute approximate surface area is 159 Å². The summed E-state index contributed by atoms with van der Waals surface area (Å²) < 4.78 is 0. The lowest BCUT2D eigenvalue weighted by Crippen LogP contribution is -2.22. The minimum atomic E-state index is -0.223. The van der Waals surface area contributed by atoms with Crippen LogP contribution in [0.2, 0.25) is 0 Å². The lowest BCUT2D eigenvalue weighted by Gasteiger charge is -2.14. The van der Waals surface area contributed by atoms with Crippen LogP contribution in [0.4, 0.5) is 11.4 Å². The maximum atomic E-state index is 12.4. The Morgan fingerprint density at radius 1 is 1.04 bits per heavy atom. The van der Waals surface area contributed by atoms with Gasteiger partial charge in [0.2, 0.25) is 11.8 Å². The summed E-state index contributed by atoms with van der Waals surface area (Å²) in [7, 11) is 0. The minimum absolute atomic E-state index is 0.0266. The lowest BCUT2D eigenvalue weighted by atomic mass is 10.2. The molecule has 2 amide bonds. The monoisotopic (exact) mass is 370 g/mol. The molecule has 0 radical (unpaired) electrons. The van der Waals surface area contributed by atoms with Crippen LogP contribution in [0.3, 0.4) is 0 Å². The highest BCUT2D eigenvalue weighted by atomic mass is 32.2. The van der Waals surface area contributed by atoms with Crippen molar-refractivity contribution in [2.24, 2.45) is 0 Å². The quantitative estimate of drug-likeness (QED) is 0.625. The number of aryl methyl sites for hydroxylation is 1. The first-order valence-electron chi connectivity index (χ1n) is 8.92. The number of anilines is 2. The summed E-state index contributed by atoms with van der Waals surface area (Å²) in [6, 6.07) is 15.3. The van der Waals surface area contributed by atoms with Crippen molar-refractivity contribution in [2.75, 3.05) is 10.6 Å². The zero-order chi connectivity index (χ0) is 18.9. The Hall–Kier alpha value is -2.27. The summed E-state index contributed by atoms with van der Waals surface area (Å²) in [5.41, 5.74) is 2.67. The molecule has 4 nitrogen and oxygen atoms in total. The van der Waals surface area contributed by atoms with Crippen LogP contribution in [0.5, 0.6) is 0 Å². The highest BCUT2D eigenvalue weighted by Crippen LogP contribution is 2.26. The van der Waals surface area contributed by atoms with E-state index < -0.39 is 0 Å². The van der Waals surface area contributed by atoms with Crippen molar-refractivity contribution in [3.63, 3.8) is 0 Å². The van der Waals surface area contributed by atoms with E-state index in [9.17, 15) is 9.59 Å². The van der Waals surface area contributed by atoms with Crippen molar-refractivity contribution in [1.29, 1.82) is 0 Å². The molecule has 2 aromatic rings. The Balaban J connectivity index is 1.88. The van der Waals surface area contributed by atoms with E-state index in [1.54, 1.807) is 0 Å². The van der Waals surface area contributed by atoms with Gasteiger partial charge in [-0.25, -0.2) is 0 Å². The van der Waals surface area contributed by atoms with Crippen LogP contribution >= 0.6 is 11.8 Å². The van der Waals surface area contributed by atoms with E-state index >= 15 is 0 Å². The van der Waals surface area contributed by atoms with E-state index in [4.69, 9.17) is 0 Å². The SMILES string of the molecule is CCCCC(=O)Nc1ccc(SC(C)C(=O)Nc2ccccc2C)cc1. The second-order valence-electron chi connectivity index (χ2n) is 6.24. The van der Waals surface area contributed by atoms with Gasteiger partial charge >= 0.3 is 0 Å². The van der Waals surface area contributed by atoms with Crippen molar-refractivity contribution >= 4 is 35.0 Å². The van der Waals surface area contributed by atoms with Gasteiger partial charge in [0, 0.05) is 22.7 Å². The number of para-hydroxylation sites is 1. The third kappa shape index (κ3) is 6.23. The van der Waals surface area contributed by atoms with E-state index in [2.05, 4.69) is 17.6 Å². The largest absolute Gasteiger partial charge is 0.326 e. The molecule has 0 aliphatic heterocycles. The van der Waals surface area contributed by atoms with Gasteiger partial charge in [0.05, 0.1) is 5.25 Å².